The molecule has 0 aliphatic heterocycles. The van der Waals surface area contributed by atoms with E-state index in [2.05, 4.69) is 10.1 Å². The number of rotatable bonds is 2. The number of aryl methyl sites for hydroxylation is 1. The molecule has 0 spiro atoms. The number of nitrogens with zero attached hydrogens (tertiary/aromatic N) is 3. The van der Waals surface area contributed by atoms with Crippen LogP contribution in [0.5, 0.6) is 0 Å². The lowest BCUT2D eigenvalue weighted by atomic mass is 10.2. The van der Waals surface area contributed by atoms with Crippen molar-refractivity contribution in [2.75, 3.05) is 6.54 Å². The normalized spacial score (nSPS) is 10.9. The van der Waals surface area contributed by atoms with Crippen molar-refractivity contribution in [3.8, 4) is 0 Å². The molecule has 0 radical (unpaired) electrons. The SMILES string of the molecule is Cn1nc(CCN)c2ccncc21. The zero-order valence-corrected chi connectivity index (χ0v) is 7.57. The second-order valence-corrected chi connectivity index (χ2v) is 3.00. The Balaban J connectivity index is 2.63. The van der Waals surface area contributed by atoms with Crippen LogP contribution in [0.3, 0.4) is 0 Å². The third-order valence-corrected chi connectivity index (χ3v) is 2.11. The minimum atomic E-state index is 0.633. The van der Waals surface area contributed by atoms with Crippen LogP contribution in [0.15, 0.2) is 18.5 Å². The highest BCUT2D eigenvalue weighted by Gasteiger charge is 2.06. The molecule has 2 rings (SSSR count). The van der Waals surface area contributed by atoms with Crippen LogP contribution in [-0.2, 0) is 13.5 Å². The fraction of sp³-hybridized carbons (Fsp3) is 0.333. The third-order valence-electron chi connectivity index (χ3n) is 2.11. The molecule has 4 nitrogen and oxygen atoms in total. The maximum atomic E-state index is 5.50. The van der Waals surface area contributed by atoms with Crippen molar-refractivity contribution in [2.45, 2.75) is 6.42 Å². The van der Waals surface area contributed by atoms with Gasteiger partial charge in [-0.2, -0.15) is 5.10 Å². The van der Waals surface area contributed by atoms with Crippen molar-refractivity contribution in [2.24, 2.45) is 12.8 Å². The number of nitrogens with two attached hydrogens (primary N) is 1. The van der Waals surface area contributed by atoms with E-state index in [9.17, 15) is 0 Å². The first kappa shape index (κ1) is 8.19. The molecule has 0 aromatic carbocycles. The summed E-state index contributed by atoms with van der Waals surface area (Å²) in [5, 5.41) is 5.53. The molecule has 13 heavy (non-hydrogen) atoms. The van der Waals surface area contributed by atoms with Gasteiger partial charge in [-0.15, -0.1) is 0 Å². The van der Waals surface area contributed by atoms with Crippen molar-refractivity contribution < 1.29 is 0 Å². The van der Waals surface area contributed by atoms with Crippen LogP contribution >= 0.6 is 0 Å². The molecule has 2 heterocycles. The zero-order chi connectivity index (χ0) is 9.26. The summed E-state index contributed by atoms with van der Waals surface area (Å²) in [7, 11) is 1.92. The van der Waals surface area contributed by atoms with E-state index in [4.69, 9.17) is 5.73 Å². The van der Waals surface area contributed by atoms with Gasteiger partial charge in [0.1, 0.15) is 0 Å². The Morgan fingerprint density at radius 1 is 1.54 bits per heavy atom. The molecule has 68 valence electrons. The molecule has 0 amide bonds. The van der Waals surface area contributed by atoms with Gasteiger partial charge in [-0.1, -0.05) is 0 Å². The van der Waals surface area contributed by atoms with Crippen LogP contribution in [0.4, 0.5) is 0 Å². The van der Waals surface area contributed by atoms with Gasteiger partial charge >= 0.3 is 0 Å². The lowest BCUT2D eigenvalue weighted by Crippen LogP contribution is -2.03. The largest absolute Gasteiger partial charge is 0.330 e. The van der Waals surface area contributed by atoms with Crippen LogP contribution in [-0.4, -0.2) is 21.3 Å². The number of pyridine rings is 1. The minimum Gasteiger partial charge on any atom is -0.330 e. The fourth-order valence-electron chi connectivity index (χ4n) is 1.50. The van der Waals surface area contributed by atoms with Crippen LogP contribution in [0.25, 0.3) is 10.9 Å². The first-order valence-electron chi connectivity index (χ1n) is 4.28. The summed E-state index contributed by atoms with van der Waals surface area (Å²) >= 11 is 0. The molecule has 2 aromatic rings. The molecular weight excluding hydrogens is 164 g/mol. The van der Waals surface area contributed by atoms with Crippen molar-refractivity contribution in [1.29, 1.82) is 0 Å². The van der Waals surface area contributed by atoms with E-state index in [1.807, 2.05) is 24.0 Å². The first-order valence-corrected chi connectivity index (χ1v) is 4.28. The fourth-order valence-corrected chi connectivity index (χ4v) is 1.50. The lowest BCUT2D eigenvalue weighted by molar-refractivity contribution is 0.760. The molecule has 2 N–H and O–H groups in total. The van der Waals surface area contributed by atoms with Gasteiger partial charge in [-0.3, -0.25) is 9.67 Å². The summed E-state index contributed by atoms with van der Waals surface area (Å²) in [6.45, 7) is 0.633. The van der Waals surface area contributed by atoms with Crippen molar-refractivity contribution >= 4 is 10.9 Å². The molecule has 0 aliphatic carbocycles. The van der Waals surface area contributed by atoms with Gasteiger partial charge in [0.15, 0.2) is 0 Å². The average Bonchev–Trinajstić information content (AvgIpc) is 2.46. The highest BCUT2D eigenvalue weighted by molar-refractivity contribution is 5.80. The predicted molar refractivity (Wildman–Crippen MR) is 51.3 cm³/mol. The first-order chi connectivity index (χ1) is 6.33. The van der Waals surface area contributed by atoms with Crippen LogP contribution in [0.2, 0.25) is 0 Å². The van der Waals surface area contributed by atoms with E-state index in [0.717, 1.165) is 23.0 Å². The summed E-state index contributed by atoms with van der Waals surface area (Å²) in [6, 6.07) is 1.98. The number of fused-ring (bicyclic) bond motifs is 1. The van der Waals surface area contributed by atoms with E-state index >= 15 is 0 Å². The van der Waals surface area contributed by atoms with E-state index < -0.39 is 0 Å². The van der Waals surface area contributed by atoms with Crippen molar-refractivity contribution in [3.63, 3.8) is 0 Å². The maximum Gasteiger partial charge on any atom is 0.0865 e. The Morgan fingerprint density at radius 3 is 3.15 bits per heavy atom. The molecular formula is C9H12N4. The Hall–Kier alpha value is -1.42. The van der Waals surface area contributed by atoms with E-state index in [1.54, 1.807) is 6.20 Å². The molecule has 0 unspecified atom stereocenters. The topological polar surface area (TPSA) is 56.7 Å². The summed E-state index contributed by atoms with van der Waals surface area (Å²) in [4.78, 5) is 4.06. The zero-order valence-electron chi connectivity index (χ0n) is 7.57. The Labute approximate surface area is 76.4 Å². The second-order valence-electron chi connectivity index (χ2n) is 3.00. The predicted octanol–water partition coefficient (Wildman–Crippen LogP) is 0.469. The smallest absolute Gasteiger partial charge is 0.0865 e. The highest BCUT2D eigenvalue weighted by atomic mass is 15.3. The van der Waals surface area contributed by atoms with Crippen molar-refractivity contribution in [3.05, 3.63) is 24.2 Å². The minimum absolute atomic E-state index is 0.633. The molecule has 0 aliphatic rings. The van der Waals surface area contributed by atoms with Crippen LogP contribution in [0, 0.1) is 0 Å². The Kier molecular flexibility index (Phi) is 1.98. The Morgan fingerprint density at radius 2 is 2.38 bits per heavy atom. The van der Waals surface area contributed by atoms with E-state index in [-0.39, 0.29) is 0 Å². The third kappa shape index (κ3) is 1.29. The van der Waals surface area contributed by atoms with Gasteiger partial charge in [0.2, 0.25) is 0 Å². The van der Waals surface area contributed by atoms with Crippen molar-refractivity contribution in [1.82, 2.24) is 14.8 Å². The molecule has 0 saturated heterocycles. The van der Waals surface area contributed by atoms with Gasteiger partial charge in [0, 0.05) is 25.1 Å². The summed E-state index contributed by atoms with van der Waals surface area (Å²) in [5.74, 6) is 0. The molecule has 0 saturated carbocycles. The number of aromatic nitrogens is 3. The molecule has 0 atom stereocenters. The maximum absolute atomic E-state index is 5.50. The summed E-state index contributed by atoms with van der Waals surface area (Å²) < 4.78 is 1.84. The van der Waals surface area contributed by atoms with Gasteiger partial charge in [-0.25, -0.2) is 0 Å². The second kappa shape index (κ2) is 3.14. The standard InChI is InChI=1S/C9H12N4/c1-13-9-6-11-5-3-7(9)8(12-13)2-4-10/h3,5-6H,2,4,10H2,1H3. The number of hydrogen-bond acceptors (Lipinski definition) is 3. The van der Waals surface area contributed by atoms with Gasteiger partial charge in [-0.05, 0) is 12.6 Å². The summed E-state index contributed by atoms with van der Waals surface area (Å²) in [6.07, 6.45) is 4.42. The van der Waals surface area contributed by atoms with E-state index in [0.29, 0.717) is 6.54 Å². The molecule has 0 fully saturated rings. The van der Waals surface area contributed by atoms with Gasteiger partial charge in [0.05, 0.1) is 17.4 Å². The van der Waals surface area contributed by atoms with Crippen LogP contribution < -0.4 is 5.73 Å². The van der Waals surface area contributed by atoms with E-state index in [1.165, 1.54) is 0 Å². The van der Waals surface area contributed by atoms with Crippen LogP contribution in [0.1, 0.15) is 5.69 Å². The number of hydrogen-bond donors (Lipinski definition) is 1. The molecule has 4 heteroatoms. The monoisotopic (exact) mass is 176 g/mol. The lowest BCUT2D eigenvalue weighted by Gasteiger charge is -1.91. The van der Waals surface area contributed by atoms with Gasteiger partial charge in [0.25, 0.3) is 0 Å². The molecule has 2 aromatic heterocycles. The van der Waals surface area contributed by atoms with Gasteiger partial charge < -0.3 is 5.73 Å². The Bertz CT molecular complexity index is 418. The molecule has 0 bridgehead atoms. The average molecular weight is 176 g/mol. The summed E-state index contributed by atoms with van der Waals surface area (Å²) in [5.41, 5.74) is 7.61. The quantitative estimate of drug-likeness (QED) is 0.723. The highest BCUT2D eigenvalue weighted by Crippen LogP contribution is 2.15.